The number of carbonyl (C=O) groups excluding carboxylic acids is 1. The molecule has 0 aromatic carbocycles. The van der Waals surface area contributed by atoms with E-state index in [1.165, 1.54) is 0 Å². The van der Waals surface area contributed by atoms with Crippen LogP contribution in [0, 0.1) is 5.92 Å². The first kappa shape index (κ1) is 13.5. The number of amides is 2. The highest BCUT2D eigenvalue weighted by Crippen LogP contribution is 2.26. The molecule has 1 heterocycles. The molecule has 2 N–H and O–H groups in total. The highest BCUT2D eigenvalue weighted by molar-refractivity contribution is 7.99. The smallest absolute Gasteiger partial charge is 0.317 e. The summed E-state index contributed by atoms with van der Waals surface area (Å²) in [5.74, 6) is 1.09. The van der Waals surface area contributed by atoms with Crippen molar-refractivity contribution < 1.29 is 14.7 Å². The molecule has 0 radical (unpaired) electrons. The standard InChI is InChI=1S/C12H20N2O3S/c1-14(10-4-5-18-7-10)12(17)13-9-3-2-8(6-9)11(15)16/h8-10H,2-7H2,1H3,(H,13,17)(H,15,16). The summed E-state index contributed by atoms with van der Waals surface area (Å²) in [5, 5.41) is 11.9. The predicted molar refractivity (Wildman–Crippen MR) is 70.8 cm³/mol. The van der Waals surface area contributed by atoms with E-state index in [-0.39, 0.29) is 18.0 Å². The van der Waals surface area contributed by atoms with Crippen molar-refractivity contribution in [2.45, 2.75) is 37.8 Å². The van der Waals surface area contributed by atoms with E-state index in [4.69, 9.17) is 5.11 Å². The molecular weight excluding hydrogens is 252 g/mol. The van der Waals surface area contributed by atoms with Crippen LogP contribution in [-0.4, -0.2) is 52.6 Å². The van der Waals surface area contributed by atoms with Crippen molar-refractivity contribution in [1.29, 1.82) is 0 Å². The fraction of sp³-hybridized carbons (Fsp3) is 0.833. The Morgan fingerprint density at radius 1 is 1.33 bits per heavy atom. The Hall–Kier alpha value is -0.910. The Labute approximate surface area is 111 Å². The molecule has 0 aromatic rings. The lowest BCUT2D eigenvalue weighted by atomic mass is 10.1. The monoisotopic (exact) mass is 272 g/mol. The number of hydrogen-bond donors (Lipinski definition) is 2. The second-order valence-electron chi connectivity index (χ2n) is 5.12. The molecule has 2 rings (SSSR count). The highest BCUT2D eigenvalue weighted by atomic mass is 32.2. The molecule has 0 bridgehead atoms. The molecular formula is C12H20N2O3S. The van der Waals surface area contributed by atoms with Gasteiger partial charge in [0.15, 0.2) is 0 Å². The van der Waals surface area contributed by atoms with Crippen molar-refractivity contribution in [1.82, 2.24) is 10.2 Å². The van der Waals surface area contributed by atoms with E-state index >= 15 is 0 Å². The number of nitrogens with one attached hydrogen (secondary N) is 1. The van der Waals surface area contributed by atoms with Crippen molar-refractivity contribution in [3.05, 3.63) is 0 Å². The largest absolute Gasteiger partial charge is 0.481 e. The molecule has 1 saturated carbocycles. The topological polar surface area (TPSA) is 69.6 Å². The zero-order valence-corrected chi connectivity index (χ0v) is 11.4. The molecule has 2 aliphatic rings. The summed E-state index contributed by atoms with van der Waals surface area (Å²) in [7, 11) is 1.83. The molecule has 0 spiro atoms. The average molecular weight is 272 g/mol. The lowest BCUT2D eigenvalue weighted by molar-refractivity contribution is -0.141. The van der Waals surface area contributed by atoms with Gasteiger partial charge in [-0.15, -0.1) is 0 Å². The Morgan fingerprint density at radius 3 is 2.67 bits per heavy atom. The minimum absolute atomic E-state index is 0.0232. The maximum Gasteiger partial charge on any atom is 0.317 e. The molecule has 1 aliphatic heterocycles. The van der Waals surface area contributed by atoms with Crippen LogP contribution < -0.4 is 5.32 Å². The number of urea groups is 1. The molecule has 18 heavy (non-hydrogen) atoms. The van der Waals surface area contributed by atoms with Crippen LogP contribution in [-0.2, 0) is 4.79 Å². The highest BCUT2D eigenvalue weighted by Gasteiger charge is 2.32. The van der Waals surface area contributed by atoms with E-state index in [1.54, 1.807) is 4.90 Å². The van der Waals surface area contributed by atoms with Gasteiger partial charge in [-0.3, -0.25) is 4.79 Å². The first-order chi connectivity index (χ1) is 8.58. The Morgan fingerprint density at radius 2 is 2.11 bits per heavy atom. The van der Waals surface area contributed by atoms with Gasteiger partial charge < -0.3 is 15.3 Å². The minimum atomic E-state index is -0.743. The summed E-state index contributed by atoms with van der Waals surface area (Å²) in [6.45, 7) is 0. The molecule has 1 saturated heterocycles. The van der Waals surface area contributed by atoms with Gasteiger partial charge >= 0.3 is 12.0 Å². The van der Waals surface area contributed by atoms with Crippen molar-refractivity contribution >= 4 is 23.8 Å². The number of rotatable bonds is 3. The van der Waals surface area contributed by atoms with Crippen molar-refractivity contribution in [3.8, 4) is 0 Å². The van der Waals surface area contributed by atoms with Crippen LogP contribution in [0.4, 0.5) is 4.79 Å². The zero-order chi connectivity index (χ0) is 13.1. The number of carboxylic acid groups (broad SMARTS) is 1. The molecule has 2 fully saturated rings. The van der Waals surface area contributed by atoms with E-state index in [9.17, 15) is 9.59 Å². The van der Waals surface area contributed by atoms with Crippen LogP contribution in [0.3, 0.4) is 0 Å². The SMILES string of the molecule is CN(C(=O)NC1CCC(C(=O)O)C1)C1CCSC1. The van der Waals surface area contributed by atoms with Crippen LogP contribution in [0.2, 0.25) is 0 Å². The van der Waals surface area contributed by atoms with Gasteiger partial charge in [-0.1, -0.05) is 0 Å². The predicted octanol–water partition coefficient (Wildman–Crippen LogP) is 1.39. The average Bonchev–Trinajstić information content (AvgIpc) is 2.98. The number of nitrogens with zero attached hydrogens (tertiary/aromatic N) is 1. The lowest BCUT2D eigenvalue weighted by Gasteiger charge is -2.26. The normalized spacial score (nSPS) is 31.3. The van der Waals surface area contributed by atoms with E-state index < -0.39 is 5.97 Å². The molecule has 5 nitrogen and oxygen atoms in total. The molecule has 2 amide bonds. The summed E-state index contributed by atoms with van der Waals surface area (Å²) in [4.78, 5) is 24.6. The second-order valence-corrected chi connectivity index (χ2v) is 6.27. The second kappa shape index (κ2) is 5.82. The van der Waals surface area contributed by atoms with Gasteiger partial charge in [0.2, 0.25) is 0 Å². The third-order valence-electron chi connectivity index (χ3n) is 3.88. The van der Waals surface area contributed by atoms with Gasteiger partial charge in [0.05, 0.1) is 5.92 Å². The van der Waals surface area contributed by atoms with Crippen LogP contribution in [0.25, 0.3) is 0 Å². The fourth-order valence-corrected chi connectivity index (χ4v) is 3.87. The van der Waals surface area contributed by atoms with Gasteiger partial charge in [-0.05, 0) is 31.4 Å². The summed E-state index contributed by atoms with van der Waals surface area (Å²) >= 11 is 1.88. The van der Waals surface area contributed by atoms with Crippen LogP contribution in [0.1, 0.15) is 25.7 Å². The third kappa shape index (κ3) is 3.10. The number of thioether (sulfide) groups is 1. The number of hydrogen-bond acceptors (Lipinski definition) is 3. The van der Waals surface area contributed by atoms with Gasteiger partial charge in [-0.25, -0.2) is 4.79 Å². The summed E-state index contributed by atoms with van der Waals surface area (Å²) in [6, 6.07) is 0.292. The van der Waals surface area contributed by atoms with Crippen molar-refractivity contribution in [2.75, 3.05) is 18.6 Å². The lowest BCUT2D eigenvalue weighted by Crippen LogP contribution is -2.46. The Kier molecular flexibility index (Phi) is 4.37. The molecule has 3 atom stereocenters. The van der Waals surface area contributed by atoms with E-state index in [0.717, 1.165) is 24.3 Å². The maximum absolute atomic E-state index is 12.0. The Balaban J connectivity index is 1.79. The summed E-state index contributed by atoms with van der Waals surface area (Å²) in [6.07, 6.45) is 3.06. The van der Waals surface area contributed by atoms with Crippen molar-refractivity contribution in [3.63, 3.8) is 0 Å². The van der Waals surface area contributed by atoms with Gasteiger partial charge in [0.25, 0.3) is 0 Å². The third-order valence-corrected chi connectivity index (χ3v) is 5.03. The van der Waals surface area contributed by atoms with E-state index in [2.05, 4.69) is 5.32 Å². The quantitative estimate of drug-likeness (QED) is 0.814. The minimum Gasteiger partial charge on any atom is -0.481 e. The van der Waals surface area contributed by atoms with Crippen LogP contribution >= 0.6 is 11.8 Å². The number of carbonyl (C=O) groups is 2. The van der Waals surface area contributed by atoms with Gasteiger partial charge in [0, 0.05) is 24.9 Å². The summed E-state index contributed by atoms with van der Waals surface area (Å²) < 4.78 is 0. The van der Waals surface area contributed by atoms with E-state index in [0.29, 0.717) is 18.9 Å². The first-order valence-electron chi connectivity index (χ1n) is 6.42. The Bertz CT molecular complexity index is 331. The first-order valence-corrected chi connectivity index (χ1v) is 7.57. The van der Waals surface area contributed by atoms with Crippen LogP contribution in [0.5, 0.6) is 0 Å². The fourth-order valence-electron chi connectivity index (χ4n) is 2.61. The number of aliphatic carboxylic acids is 1. The molecule has 6 heteroatoms. The van der Waals surface area contributed by atoms with E-state index in [1.807, 2.05) is 18.8 Å². The van der Waals surface area contributed by atoms with Crippen molar-refractivity contribution in [2.24, 2.45) is 5.92 Å². The molecule has 3 unspecified atom stereocenters. The maximum atomic E-state index is 12.0. The molecule has 1 aliphatic carbocycles. The van der Waals surface area contributed by atoms with Crippen LogP contribution in [0.15, 0.2) is 0 Å². The molecule has 0 aromatic heterocycles. The van der Waals surface area contributed by atoms with Gasteiger partial charge in [0.1, 0.15) is 0 Å². The zero-order valence-electron chi connectivity index (χ0n) is 10.6. The number of carboxylic acids is 1. The summed E-state index contributed by atoms with van der Waals surface area (Å²) in [5.41, 5.74) is 0. The van der Waals surface area contributed by atoms with Gasteiger partial charge in [-0.2, -0.15) is 11.8 Å². The molecule has 102 valence electrons.